The van der Waals surface area contributed by atoms with Crippen molar-refractivity contribution >= 4 is 21.7 Å². The number of likely N-dealkylation sites (N-methyl/N-ethyl adjacent to an activating group) is 1. The minimum absolute atomic E-state index is 0.0452. The number of sulfone groups is 1. The van der Waals surface area contributed by atoms with Crippen molar-refractivity contribution in [1.29, 1.82) is 0 Å². The molecule has 3 rings (SSSR count). The van der Waals surface area contributed by atoms with Gasteiger partial charge >= 0.3 is 11.8 Å². The van der Waals surface area contributed by atoms with E-state index in [0.717, 1.165) is 0 Å². The third-order valence-corrected chi connectivity index (χ3v) is 6.08. The summed E-state index contributed by atoms with van der Waals surface area (Å²) in [6, 6.07) is 6.75. The van der Waals surface area contributed by atoms with Crippen molar-refractivity contribution < 1.29 is 27.5 Å². The highest BCUT2D eigenvalue weighted by molar-refractivity contribution is 7.91. The molecule has 1 N–H and O–H groups in total. The topological polar surface area (TPSA) is 102 Å². The van der Waals surface area contributed by atoms with E-state index in [1.807, 2.05) is 12.1 Å². The van der Waals surface area contributed by atoms with Crippen LogP contribution in [0.5, 0.6) is 11.5 Å². The average molecular weight is 368 g/mol. The molecule has 2 heterocycles. The lowest BCUT2D eigenvalue weighted by molar-refractivity contribution is -0.146. The van der Waals surface area contributed by atoms with Crippen LogP contribution in [0, 0.1) is 0 Å². The molecule has 25 heavy (non-hydrogen) atoms. The van der Waals surface area contributed by atoms with E-state index in [9.17, 15) is 18.0 Å². The molecule has 0 aromatic heterocycles. The van der Waals surface area contributed by atoms with Gasteiger partial charge < -0.3 is 19.7 Å². The Kier molecular flexibility index (Phi) is 4.85. The van der Waals surface area contributed by atoms with Crippen LogP contribution in [0.25, 0.3) is 0 Å². The number of hydrogen-bond acceptors (Lipinski definition) is 6. The van der Waals surface area contributed by atoms with Crippen molar-refractivity contribution in [3.05, 3.63) is 24.3 Å². The summed E-state index contributed by atoms with van der Waals surface area (Å²) in [5.74, 6) is -0.355. The fourth-order valence-electron chi connectivity index (χ4n) is 2.85. The fourth-order valence-corrected chi connectivity index (χ4v) is 4.63. The van der Waals surface area contributed by atoms with E-state index in [0.29, 0.717) is 17.9 Å². The van der Waals surface area contributed by atoms with Crippen LogP contribution in [0.2, 0.25) is 0 Å². The van der Waals surface area contributed by atoms with Gasteiger partial charge in [-0.05, 0) is 18.6 Å². The number of carbonyl (C=O) groups excluding carboxylic acids is 2. The molecule has 0 radical (unpaired) electrons. The normalized spacial score (nSPS) is 23.7. The molecule has 2 amide bonds. The first kappa shape index (κ1) is 17.5. The molecule has 2 unspecified atom stereocenters. The molecule has 8 nitrogen and oxygen atoms in total. The minimum Gasteiger partial charge on any atom is -0.486 e. The molecule has 0 saturated carbocycles. The highest BCUT2D eigenvalue weighted by Crippen LogP contribution is 2.30. The number of hydrogen-bond donors (Lipinski definition) is 1. The maximum Gasteiger partial charge on any atom is 0.311 e. The molecule has 1 aromatic carbocycles. The number of benzene rings is 1. The molecule has 0 spiro atoms. The lowest BCUT2D eigenvalue weighted by Gasteiger charge is -2.27. The number of amides is 2. The van der Waals surface area contributed by atoms with E-state index in [2.05, 4.69) is 5.32 Å². The maximum absolute atomic E-state index is 12.2. The summed E-state index contributed by atoms with van der Waals surface area (Å²) in [4.78, 5) is 25.4. The molecule has 2 aliphatic rings. The second-order valence-electron chi connectivity index (χ2n) is 6.18. The molecule has 2 aliphatic heterocycles. The van der Waals surface area contributed by atoms with Gasteiger partial charge in [0.05, 0.1) is 18.1 Å². The zero-order valence-corrected chi connectivity index (χ0v) is 14.6. The second-order valence-corrected chi connectivity index (χ2v) is 8.41. The Morgan fingerprint density at radius 1 is 1.28 bits per heavy atom. The van der Waals surface area contributed by atoms with Crippen molar-refractivity contribution in [3.8, 4) is 11.5 Å². The van der Waals surface area contributed by atoms with Gasteiger partial charge in [-0.25, -0.2) is 8.42 Å². The molecule has 2 atom stereocenters. The van der Waals surface area contributed by atoms with E-state index in [4.69, 9.17) is 9.47 Å². The summed E-state index contributed by atoms with van der Waals surface area (Å²) in [6.07, 6.45) is -0.0439. The SMILES string of the molecule is CN(C(=O)C(=O)NCC1COc2ccccc2O1)C1CCS(=O)(=O)C1. The number of para-hydroxylation sites is 2. The van der Waals surface area contributed by atoms with Crippen molar-refractivity contribution in [2.75, 3.05) is 31.7 Å². The van der Waals surface area contributed by atoms with Gasteiger partial charge in [-0.1, -0.05) is 12.1 Å². The summed E-state index contributed by atoms with van der Waals surface area (Å²) >= 11 is 0. The second kappa shape index (κ2) is 6.91. The lowest BCUT2D eigenvalue weighted by Crippen LogP contribution is -2.49. The Bertz CT molecular complexity index is 779. The Morgan fingerprint density at radius 2 is 2.00 bits per heavy atom. The molecule has 1 aromatic rings. The van der Waals surface area contributed by atoms with E-state index in [1.165, 1.54) is 11.9 Å². The number of nitrogens with zero attached hydrogens (tertiary/aromatic N) is 1. The standard InChI is InChI=1S/C16H20N2O6S/c1-18(11-6-7-25(21,22)10-11)16(20)15(19)17-8-12-9-23-13-4-2-3-5-14(13)24-12/h2-5,11-12H,6-10H2,1H3,(H,17,19). The van der Waals surface area contributed by atoms with Crippen LogP contribution in [0.4, 0.5) is 0 Å². The predicted octanol–water partition coefficient (Wildman–Crippen LogP) is -0.412. The molecule has 0 aliphatic carbocycles. The van der Waals surface area contributed by atoms with Crippen molar-refractivity contribution in [2.24, 2.45) is 0 Å². The van der Waals surface area contributed by atoms with Gasteiger partial charge in [0, 0.05) is 13.1 Å². The highest BCUT2D eigenvalue weighted by atomic mass is 32.2. The Balaban J connectivity index is 1.50. The molecule has 1 saturated heterocycles. The Labute approximate surface area is 146 Å². The van der Waals surface area contributed by atoms with Gasteiger partial charge in [0.1, 0.15) is 12.7 Å². The molecule has 0 bridgehead atoms. The monoisotopic (exact) mass is 368 g/mol. The zero-order chi connectivity index (χ0) is 18.0. The first-order chi connectivity index (χ1) is 11.9. The predicted molar refractivity (Wildman–Crippen MR) is 89.2 cm³/mol. The highest BCUT2D eigenvalue weighted by Gasteiger charge is 2.35. The summed E-state index contributed by atoms with van der Waals surface area (Å²) in [7, 11) is -1.67. The number of carbonyl (C=O) groups is 2. The van der Waals surface area contributed by atoms with Crippen LogP contribution in [-0.2, 0) is 19.4 Å². The van der Waals surface area contributed by atoms with Crippen LogP contribution in [0.1, 0.15) is 6.42 Å². The van der Waals surface area contributed by atoms with E-state index in [1.54, 1.807) is 12.1 Å². The van der Waals surface area contributed by atoms with Crippen LogP contribution in [0.15, 0.2) is 24.3 Å². The number of nitrogens with one attached hydrogen (secondary N) is 1. The number of rotatable bonds is 3. The van der Waals surface area contributed by atoms with Crippen LogP contribution < -0.4 is 14.8 Å². The quantitative estimate of drug-likeness (QED) is 0.728. The van der Waals surface area contributed by atoms with Crippen LogP contribution in [-0.4, -0.2) is 69.0 Å². The van der Waals surface area contributed by atoms with E-state index in [-0.39, 0.29) is 24.7 Å². The average Bonchev–Trinajstić information content (AvgIpc) is 2.98. The largest absolute Gasteiger partial charge is 0.486 e. The molecule has 136 valence electrons. The van der Waals surface area contributed by atoms with Gasteiger partial charge in [-0.3, -0.25) is 9.59 Å². The van der Waals surface area contributed by atoms with E-state index >= 15 is 0 Å². The summed E-state index contributed by atoms with van der Waals surface area (Å²) < 4.78 is 34.3. The van der Waals surface area contributed by atoms with Crippen LogP contribution >= 0.6 is 0 Å². The van der Waals surface area contributed by atoms with Gasteiger partial charge in [0.25, 0.3) is 0 Å². The molecular formula is C16H20N2O6S. The summed E-state index contributed by atoms with van der Waals surface area (Å²) in [5.41, 5.74) is 0. The lowest BCUT2D eigenvalue weighted by atomic mass is 10.2. The van der Waals surface area contributed by atoms with Crippen LogP contribution in [0.3, 0.4) is 0 Å². The third kappa shape index (κ3) is 4.04. The zero-order valence-electron chi connectivity index (χ0n) is 13.8. The van der Waals surface area contributed by atoms with Gasteiger partial charge in [0.2, 0.25) is 0 Å². The molecule has 1 fully saturated rings. The Morgan fingerprint density at radius 3 is 2.68 bits per heavy atom. The summed E-state index contributed by atoms with van der Waals surface area (Å²) in [6.45, 7) is 0.387. The molecule has 9 heteroatoms. The number of ether oxygens (including phenoxy) is 2. The number of fused-ring (bicyclic) bond motifs is 1. The van der Waals surface area contributed by atoms with Gasteiger partial charge in [-0.15, -0.1) is 0 Å². The van der Waals surface area contributed by atoms with Gasteiger partial charge in [0.15, 0.2) is 21.3 Å². The van der Waals surface area contributed by atoms with Crippen molar-refractivity contribution in [3.63, 3.8) is 0 Å². The first-order valence-electron chi connectivity index (χ1n) is 7.99. The smallest absolute Gasteiger partial charge is 0.311 e. The maximum atomic E-state index is 12.2. The third-order valence-electron chi connectivity index (χ3n) is 4.33. The van der Waals surface area contributed by atoms with E-state index < -0.39 is 33.8 Å². The van der Waals surface area contributed by atoms with Gasteiger partial charge in [-0.2, -0.15) is 0 Å². The fraction of sp³-hybridized carbons (Fsp3) is 0.500. The first-order valence-corrected chi connectivity index (χ1v) is 9.82. The van der Waals surface area contributed by atoms with Crippen molar-refractivity contribution in [2.45, 2.75) is 18.6 Å². The van der Waals surface area contributed by atoms with Crippen molar-refractivity contribution in [1.82, 2.24) is 10.2 Å². The molecular weight excluding hydrogens is 348 g/mol. The Hall–Kier alpha value is -2.29. The summed E-state index contributed by atoms with van der Waals surface area (Å²) in [5, 5.41) is 2.52. The minimum atomic E-state index is -3.12.